The fourth-order valence-electron chi connectivity index (χ4n) is 7.59. The molecule has 9 nitrogen and oxygen atoms in total. The zero-order chi connectivity index (χ0) is 36.9. The molecule has 3 atom stereocenters. The number of para-hydroxylation sites is 1. The van der Waals surface area contributed by atoms with Crippen molar-refractivity contribution < 1.29 is 28.7 Å². The smallest absolute Gasteiger partial charge is 0.333 e. The number of hydrogen-bond acceptors (Lipinski definition) is 6. The molecule has 286 valence electrons. The van der Waals surface area contributed by atoms with Crippen molar-refractivity contribution in [1.29, 1.82) is 0 Å². The van der Waals surface area contributed by atoms with Crippen LogP contribution in [0.2, 0.25) is 0 Å². The van der Waals surface area contributed by atoms with E-state index in [0.717, 1.165) is 16.7 Å². The van der Waals surface area contributed by atoms with Gasteiger partial charge in [-0.05, 0) is 80.8 Å². The number of likely N-dealkylation sites (tertiary alicyclic amines) is 1. The average molecular weight is 770 g/mol. The standard InChI is InChI=1S/C43H47N3O6.2H2S/c1-42(2,3)52-40(49)37(29-15-7-5-8-16-29)45-41(50)43(30-17-9-6-10-18-30)26-23-33(32-19-11-13-21-35(32)43)39(48)46-27-24-31(25-28-46)44-38(47)34-20-12-14-22-36(34)51-4;;/h5-22,31,33,37H,23-28H2,1-4H3,(H,44,47)(H,45,50);2*1H2/t33-,37-,43+;;/m0../s1. The maximum atomic E-state index is 14.9. The number of amides is 3. The highest BCUT2D eigenvalue weighted by atomic mass is 32.1. The Morgan fingerprint density at radius 3 is 2.02 bits per heavy atom. The minimum absolute atomic E-state index is 0. The van der Waals surface area contributed by atoms with Crippen molar-refractivity contribution in [3.05, 3.63) is 137 Å². The lowest BCUT2D eigenvalue weighted by Gasteiger charge is -2.43. The van der Waals surface area contributed by atoms with Gasteiger partial charge in [0.05, 0.1) is 24.0 Å². The monoisotopic (exact) mass is 769 g/mol. The van der Waals surface area contributed by atoms with Crippen LogP contribution in [0, 0.1) is 0 Å². The summed E-state index contributed by atoms with van der Waals surface area (Å²) in [6, 6.07) is 32.4. The molecule has 11 heteroatoms. The van der Waals surface area contributed by atoms with Gasteiger partial charge < -0.3 is 25.0 Å². The highest BCUT2D eigenvalue weighted by Crippen LogP contribution is 2.48. The predicted octanol–water partition coefficient (Wildman–Crippen LogP) is 6.70. The van der Waals surface area contributed by atoms with Gasteiger partial charge in [0.2, 0.25) is 11.8 Å². The Morgan fingerprint density at radius 1 is 0.778 bits per heavy atom. The molecule has 2 aliphatic rings. The van der Waals surface area contributed by atoms with Crippen LogP contribution in [0.15, 0.2) is 109 Å². The number of piperidine rings is 1. The van der Waals surface area contributed by atoms with Crippen LogP contribution in [-0.4, -0.2) is 60.4 Å². The van der Waals surface area contributed by atoms with Gasteiger partial charge in [0.25, 0.3) is 5.91 Å². The second-order valence-corrected chi connectivity index (χ2v) is 14.6. The summed E-state index contributed by atoms with van der Waals surface area (Å²) in [4.78, 5) is 57.8. The molecule has 1 heterocycles. The van der Waals surface area contributed by atoms with E-state index >= 15 is 0 Å². The molecule has 0 radical (unpaired) electrons. The lowest BCUT2D eigenvalue weighted by molar-refractivity contribution is -0.159. The van der Waals surface area contributed by atoms with E-state index in [0.29, 0.717) is 55.6 Å². The van der Waals surface area contributed by atoms with Crippen molar-refractivity contribution in [3.8, 4) is 5.75 Å². The van der Waals surface area contributed by atoms with E-state index in [1.165, 1.54) is 0 Å². The fraction of sp³-hybridized carbons (Fsp3) is 0.349. The van der Waals surface area contributed by atoms with Crippen LogP contribution >= 0.6 is 27.0 Å². The van der Waals surface area contributed by atoms with Crippen LogP contribution in [0.3, 0.4) is 0 Å². The van der Waals surface area contributed by atoms with E-state index in [9.17, 15) is 19.2 Å². The third kappa shape index (κ3) is 8.96. The van der Waals surface area contributed by atoms with Gasteiger partial charge in [-0.25, -0.2) is 4.79 Å². The first-order valence-electron chi connectivity index (χ1n) is 18.0. The van der Waals surface area contributed by atoms with Gasteiger partial charge >= 0.3 is 5.97 Å². The van der Waals surface area contributed by atoms with E-state index in [4.69, 9.17) is 9.47 Å². The molecular weight excluding hydrogens is 719 g/mol. The molecule has 1 saturated heterocycles. The van der Waals surface area contributed by atoms with Crippen molar-refractivity contribution in [2.75, 3.05) is 20.2 Å². The molecule has 1 fully saturated rings. The van der Waals surface area contributed by atoms with E-state index in [2.05, 4.69) is 10.6 Å². The van der Waals surface area contributed by atoms with Crippen molar-refractivity contribution in [3.63, 3.8) is 0 Å². The molecule has 0 aromatic heterocycles. The van der Waals surface area contributed by atoms with Gasteiger partial charge in [-0.2, -0.15) is 27.0 Å². The van der Waals surface area contributed by atoms with Crippen molar-refractivity contribution in [2.24, 2.45) is 0 Å². The van der Waals surface area contributed by atoms with Gasteiger partial charge in [-0.15, -0.1) is 0 Å². The third-order valence-corrected chi connectivity index (χ3v) is 10.1. The Bertz CT molecular complexity index is 1910. The molecule has 1 aliphatic heterocycles. The first kappa shape index (κ1) is 42.0. The minimum Gasteiger partial charge on any atom is -0.496 e. The number of hydrogen-bond donors (Lipinski definition) is 2. The zero-order valence-electron chi connectivity index (χ0n) is 31.3. The maximum Gasteiger partial charge on any atom is 0.333 e. The van der Waals surface area contributed by atoms with Crippen molar-refractivity contribution >= 4 is 50.7 Å². The van der Waals surface area contributed by atoms with Crippen LogP contribution in [0.4, 0.5) is 0 Å². The molecule has 0 saturated carbocycles. The highest BCUT2D eigenvalue weighted by molar-refractivity contribution is 7.59. The summed E-state index contributed by atoms with van der Waals surface area (Å²) in [5.41, 5.74) is 1.51. The number of nitrogens with zero attached hydrogens (tertiary/aromatic N) is 1. The zero-order valence-corrected chi connectivity index (χ0v) is 33.3. The molecule has 0 spiro atoms. The number of nitrogens with one attached hydrogen (secondary N) is 2. The number of ether oxygens (including phenoxy) is 2. The first-order chi connectivity index (χ1) is 25.0. The molecule has 4 aromatic rings. The second-order valence-electron chi connectivity index (χ2n) is 14.6. The SMILES string of the molecule is COc1ccccc1C(=O)NC1CCN(C(=O)[C@H]2CC[C@@](C(=O)N[C@H](C(=O)OC(C)(C)C)c3ccccc3)(c3ccccc3)c3ccccc32)CC1.S.S. The van der Waals surface area contributed by atoms with Crippen molar-refractivity contribution in [1.82, 2.24) is 15.5 Å². The topological polar surface area (TPSA) is 114 Å². The van der Waals surface area contributed by atoms with Gasteiger partial charge in [-0.1, -0.05) is 97.1 Å². The third-order valence-electron chi connectivity index (χ3n) is 10.1. The second kappa shape index (κ2) is 18.1. The number of fused-ring (bicyclic) bond motifs is 1. The van der Waals surface area contributed by atoms with Gasteiger partial charge in [0, 0.05) is 19.1 Å². The van der Waals surface area contributed by atoms with Gasteiger partial charge in [0.1, 0.15) is 11.4 Å². The lowest BCUT2D eigenvalue weighted by Crippen LogP contribution is -2.52. The Morgan fingerprint density at radius 2 is 1.37 bits per heavy atom. The predicted molar refractivity (Wildman–Crippen MR) is 220 cm³/mol. The maximum absolute atomic E-state index is 14.9. The van der Waals surface area contributed by atoms with Crippen LogP contribution in [-0.2, 0) is 24.5 Å². The summed E-state index contributed by atoms with van der Waals surface area (Å²) in [7, 11) is 1.54. The molecule has 6 rings (SSSR count). The molecule has 0 unspecified atom stereocenters. The molecule has 0 bridgehead atoms. The Labute approximate surface area is 332 Å². The number of benzene rings is 4. The Kier molecular flexibility index (Phi) is 14.0. The molecule has 1 aliphatic carbocycles. The summed E-state index contributed by atoms with van der Waals surface area (Å²) in [6.45, 7) is 6.42. The lowest BCUT2D eigenvalue weighted by atomic mass is 9.62. The van der Waals surface area contributed by atoms with E-state index in [1.807, 2.05) is 83.8 Å². The summed E-state index contributed by atoms with van der Waals surface area (Å²) in [6.07, 6.45) is 2.05. The van der Waals surface area contributed by atoms with Crippen LogP contribution in [0.1, 0.15) is 91.0 Å². The fourth-order valence-corrected chi connectivity index (χ4v) is 7.59. The number of carbonyl (C=O) groups is 4. The number of methoxy groups -OCH3 is 1. The Hall–Kier alpha value is -4.74. The van der Waals surface area contributed by atoms with Crippen LogP contribution < -0.4 is 15.4 Å². The van der Waals surface area contributed by atoms with Gasteiger partial charge in [-0.3, -0.25) is 14.4 Å². The van der Waals surface area contributed by atoms with E-state index < -0.39 is 28.9 Å². The Balaban J connectivity index is 0.00000325. The average Bonchev–Trinajstić information content (AvgIpc) is 3.16. The van der Waals surface area contributed by atoms with E-state index in [1.54, 1.807) is 58.2 Å². The van der Waals surface area contributed by atoms with Crippen LogP contribution in [0.5, 0.6) is 5.75 Å². The largest absolute Gasteiger partial charge is 0.496 e. The van der Waals surface area contributed by atoms with Gasteiger partial charge in [0.15, 0.2) is 6.04 Å². The summed E-state index contributed by atoms with van der Waals surface area (Å²) in [5, 5.41) is 6.22. The van der Waals surface area contributed by atoms with E-state index in [-0.39, 0.29) is 50.8 Å². The normalized spacial score (nSPS) is 18.7. The summed E-state index contributed by atoms with van der Waals surface area (Å²) < 4.78 is 11.2. The van der Waals surface area contributed by atoms with Crippen molar-refractivity contribution in [2.45, 2.75) is 75.5 Å². The molecule has 2 N–H and O–H groups in total. The molecule has 4 aromatic carbocycles. The van der Waals surface area contributed by atoms with Crippen LogP contribution in [0.25, 0.3) is 0 Å². The highest BCUT2D eigenvalue weighted by Gasteiger charge is 2.50. The summed E-state index contributed by atoms with van der Waals surface area (Å²) >= 11 is 0. The number of esters is 1. The minimum atomic E-state index is -1.17. The quantitative estimate of drug-likeness (QED) is 0.183. The molecule has 3 amide bonds. The molecule has 54 heavy (non-hydrogen) atoms. The number of rotatable bonds is 9. The first-order valence-corrected chi connectivity index (χ1v) is 18.0. The summed E-state index contributed by atoms with van der Waals surface area (Å²) in [5.74, 6) is -0.987. The number of carbonyl (C=O) groups excluding carboxylic acids is 4. The molecular formula is C43H51N3O6S2.